The number of hydrogen-bond donors (Lipinski definition) is 2. The molecule has 4 heteroatoms. The van der Waals surface area contributed by atoms with Crippen molar-refractivity contribution in [1.82, 2.24) is 4.90 Å². The van der Waals surface area contributed by atoms with Crippen LogP contribution in [0.5, 0.6) is 0 Å². The molecular weight excluding hydrogens is 152 g/mol. The molecule has 4 N–H and O–H groups in total. The van der Waals surface area contributed by atoms with E-state index >= 15 is 0 Å². The molecule has 0 fully saturated rings. The van der Waals surface area contributed by atoms with Gasteiger partial charge < -0.3 is 16.4 Å². The largest absolute Gasteiger partial charge is 0.370 e. The van der Waals surface area contributed by atoms with Crippen LogP contribution in [0.2, 0.25) is 0 Å². The fourth-order valence-electron chi connectivity index (χ4n) is 0.966. The fraction of sp³-hybridized carbons (Fsp3) is 0.875. The quantitative estimate of drug-likeness (QED) is 0.457. The first-order valence-electron chi connectivity index (χ1n) is 4.17. The summed E-state index contributed by atoms with van der Waals surface area (Å²) >= 11 is 0. The first-order chi connectivity index (χ1) is 5.43. The molecule has 0 amide bonds. The molecular formula is C8H20N4. The van der Waals surface area contributed by atoms with E-state index in [-0.39, 0.29) is 12.0 Å². The average Bonchev–Trinajstić information content (AvgIpc) is 1.83. The van der Waals surface area contributed by atoms with Gasteiger partial charge >= 0.3 is 0 Å². The van der Waals surface area contributed by atoms with E-state index in [0.717, 1.165) is 6.54 Å². The maximum atomic E-state index is 5.32. The van der Waals surface area contributed by atoms with Crippen molar-refractivity contribution in [3.8, 4) is 0 Å². The van der Waals surface area contributed by atoms with E-state index in [0.29, 0.717) is 5.92 Å². The molecule has 0 bridgehead atoms. The Balaban J connectivity index is 4.15. The van der Waals surface area contributed by atoms with E-state index in [1.807, 2.05) is 14.1 Å². The van der Waals surface area contributed by atoms with Gasteiger partial charge in [0.15, 0.2) is 5.96 Å². The first kappa shape index (κ1) is 11.2. The molecule has 1 unspecified atom stereocenters. The summed E-state index contributed by atoms with van der Waals surface area (Å²) in [5.74, 6) is 0.644. The van der Waals surface area contributed by atoms with Gasteiger partial charge in [-0.2, -0.15) is 0 Å². The lowest BCUT2D eigenvalue weighted by atomic mass is 10.1. The molecule has 0 radical (unpaired) electrons. The predicted molar refractivity (Wildman–Crippen MR) is 53.0 cm³/mol. The summed E-state index contributed by atoms with van der Waals surface area (Å²) in [4.78, 5) is 6.23. The maximum Gasteiger partial charge on any atom is 0.186 e. The van der Waals surface area contributed by atoms with Crippen molar-refractivity contribution in [3.05, 3.63) is 0 Å². The Morgan fingerprint density at radius 1 is 1.33 bits per heavy atom. The second kappa shape index (κ2) is 4.98. The molecule has 0 heterocycles. The van der Waals surface area contributed by atoms with E-state index in [2.05, 4.69) is 23.7 Å². The van der Waals surface area contributed by atoms with Gasteiger partial charge in [0.25, 0.3) is 0 Å². The zero-order valence-electron chi connectivity index (χ0n) is 8.41. The molecule has 0 aliphatic rings. The van der Waals surface area contributed by atoms with Gasteiger partial charge in [0.05, 0.1) is 6.04 Å². The summed E-state index contributed by atoms with van der Waals surface area (Å²) < 4.78 is 0. The molecule has 0 aromatic carbocycles. The number of guanidine groups is 1. The Hall–Kier alpha value is -0.770. The van der Waals surface area contributed by atoms with Gasteiger partial charge in [-0.25, -0.2) is 4.99 Å². The molecule has 4 nitrogen and oxygen atoms in total. The van der Waals surface area contributed by atoms with Crippen LogP contribution < -0.4 is 11.5 Å². The Bertz CT molecular complexity index is 147. The SMILES string of the molecule is CC(C)C(CN(C)C)N=C(N)N. The molecule has 0 saturated carbocycles. The zero-order chi connectivity index (χ0) is 9.72. The standard InChI is InChI=1S/C8H20N4/c1-6(2)7(5-12(3)4)11-8(9)10/h6-7H,5H2,1-4H3,(H4,9,10,11). The highest BCUT2D eigenvalue weighted by Crippen LogP contribution is 2.06. The van der Waals surface area contributed by atoms with E-state index in [9.17, 15) is 0 Å². The third-order valence-electron chi connectivity index (χ3n) is 1.64. The van der Waals surface area contributed by atoms with E-state index in [1.54, 1.807) is 0 Å². The van der Waals surface area contributed by atoms with Gasteiger partial charge in [-0.05, 0) is 20.0 Å². The second-order valence-corrected chi connectivity index (χ2v) is 3.63. The van der Waals surface area contributed by atoms with Crippen molar-refractivity contribution in [1.29, 1.82) is 0 Å². The molecule has 0 aliphatic heterocycles. The highest BCUT2D eigenvalue weighted by molar-refractivity contribution is 5.75. The summed E-state index contributed by atoms with van der Waals surface area (Å²) in [7, 11) is 4.02. The fourth-order valence-corrected chi connectivity index (χ4v) is 0.966. The number of rotatable bonds is 4. The number of likely N-dealkylation sites (N-methyl/N-ethyl adjacent to an activating group) is 1. The average molecular weight is 172 g/mol. The summed E-state index contributed by atoms with van der Waals surface area (Å²) in [5.41, 5.74) is 10.6. The Labute approximate surface area is 74.6 Å². The highest BCUT2D eigenvalue weighted by Gasteiger charge is 2.12. The van der Waals surface area contributed by atoms with E-state index in [1.165, 1.54) is 0 Å². The molecule has 0 aliphatic carbocycles. The minimum absolute atomic E-state index is 0.176. The molecule has 0 spiro atoms. The number of hydrogen-bond acceptors (Lipinski definition) is 2. The number of aliphatic imine (C=N–C) groups is 1. The molecule has 1 atom stereocenters. The zero-order valence-corrected chi connectivity index (χ0v) is 8.41. The molecule has 72 valence electrons. The monoisotopic (exact) mass is 172 g/mol. The van der Waals surface area contributed by atoms with Crippen molar-refractivity contribution in [3.63, 3.8) is 0 Å². The molecule has 0 rings (SSSR count). The lowest BCUT2D eigenvalue weighted by Crippen LogP contribution is -2.33. The third kappa shape index (κ3) is 4.96. The van der Waals surface area contributed by atoms with Gasteiger partial charge in [-0.1, -0.05) is 13.8 Å². The van der Waals surface area contributed by atoms with Crippen LogP contribution in [0.3, 0.4) is 0 Å². The molecule has 0 aromatic heterocycles. The summed E-state index contributed by atoms with van der Waals surface area (Å²) in [5, 5.41) is 0. The van der Waals surface area contributed by atoms with Crippen LogP contribution in [0.1, 0.15) is 13.8 Å². The third-order valence-corrected chi connectivity index (χ3v) is 1.64. The maximum absolute atomic E-state index is 5.32. The predicted octanol–water partition coefficient (Wildman–Crippen LogP) is -0.154. The van der Waals surface area contributed by atoms with Gasteiger partial charge in [-0.15, -0.1) is 0 Å². The molecule has 12 heavy (non-hydrogen) atoms. The highest BCUT2D eigenvalue weighted by atomic mass is 15.1. The van der Waals surface area contributed by atoms with Crippen molar-refractivity contribution in [2.24, 2.45) is 22.4 Å². The minimum Gasteiger partial charge on any atom is -0.370 e. The first-order valence-corrected chi connectivity index (χ1v) is 4.17. The van der Waals surface area contributed by atoms with Crippen LogP contribution in [-0.2, 0) is 0 Å². The summed E-state index contributed by atoms with van der Waals surface area (Å²) in [6.45, 7) is 5.11. The Kier molecular flexibility index (Phi) is 4.66. The van der Waals surface area contributed by atoms with Crippen LogP contribution in [0.25, 0.3) is 0 Å². The number of nitrogens with zero attached hydrogens (tertiary/aromatic N) is 2. The van der Waals surface area contributed by atoms with Crippen LogP contribution >= 0.6 is 0 Å². The van der Waals surface area contributed by atoms with Crippen LogP contribution in [0.15, 0.2) is 4.99 Å². The van der Waals surface area contributed by atoms with E-state index in [4.69, 9.17) is 11.5 Å². The summed E-state index contributed by atoms with van der Waals surface area (Å²) in [6, 6.07) is 0.199. The smallest absolute Gasteiger partial charge is 0.186 e. The van der Waals surface area contributed by atoms with Crippen LogP contribution in [0, 0.1) is 5.92 Å². The molecule has 0 aromatic rings. The van der Waals surface area contributed by atoms with Gasteiger partial charge in [0, 0.05) is 6.54 Å². The normalized spacial score (nSPS) is 13.5. The van der Waals surface area contributed by atoms with E-state index < -0.39 is 0 Å². The lowest BCUT2D eigenvalue weighted by molar-refractivity contribution is 0.332. The number of nitrogens with two attached hydrogens (primary N) is 2. The van der Waals surface area contributed by atoms with Crippen molar-refractivity contribution in [2.75, 3.05) is 20.6 Å². The van der Waals surface area contributed by atoms with Crippen molar-refractivity contribution in [2.45, 2.75) is 19.9 Å². The van der Waals surface area contributed by atoms with Crippen molar-refractivity contribution >= 4 is 5.96 Å². The Morgan fingerprint density at radius 2 is 1.83 bits per heavy atom. The second-order valence-electron chi connectivity index (χ2n) is 3.63. The van der Waals surface area contributed by atoms with Gasteiger partial charge in [-0.3, -0.25) is 0 Å². The Morgan fingerprint density at radius 3 is 2.08 bits per heavy atom. The van der Waals surface area contributed by atoms with Crippen molar-refractivity contribution < 1.29 is 0 Å². The van der Waals surface area contributed by atoms with Crippen LogP contribution in [-0.4, -0.2) is 37.5 Å². The van der Waals surface area contributed by atoms with Crippen LogP contribution in [0.4, 0.5) is 0 Å². The lowest BCUT2D eigenvalue weighted by Gasteiger charge is -2.20. The van der Waals surface area contributed by atoms with Gasteiger partial charge in [0.2, 0.25) is 0 Å². The minimum atomic E-state index is 0.176. The topological polar surface area (TPSA) is 67.6 Å². The van der Waals surface area contributed by atoms with Gasteiger partial charge in [0.1, 0.15) is 0 Å². The summed E-state index contributed by atoms with van der Waals surface area (Å²) in [6.07, 6.45) is 0. The molecule has 0 saturated heterocycles.